The average molecular weight is 545 g/mol. The Morgan fingerprint density at radius 1 is 1.03 bits per heavy atom. The minimum Gasteiger partial charge on any atom is -0.480 e. The van der Waals surface area contributed by atoms with Gasteiger partial charge in [0.1, 0.15) is 12.4 Å². The standard InChI is InChI=1S/C28H31F3N4O4/c1-5-34-24(17-37-16-20-9-7-6-8-10-20)33-35(27(34)36)22-13-21-11-12-32-26(38-15-18(2)3)25(21)23(14-22)39-19(4)28(29,30)31/h6-14,18-19H,5,15-17H2,1-4H3/t19-/m0/s1. The average Bonchev–Trinajstić information content (AvgIpc) is 3.22. The molecule has 4 aromatic rings. The number of benzene rings is 2. The van der Waals surface area contributed by atoms with E-state index in [1.807, 2.05) is 44.2 Å². The summed E-state index contributed by atoms with van der Waals surface area (Å²) in [4.78, 5) is 17.5. The van der Waals surface area contributed by atoms with Gasteiger partial charge < -0.3 is 14.2 Å². The predicted octanol–water partition coefficient (Wildman–Crippen LogP) is 5.68. The number of fused-ring (bicyclic) bond motifs is 1. The minimum atomic E-state index is -4.60. The fourth-order valence-electron chi connectivity index (χ4n) is 3.92. The van der Waals surface area contributed by atoms with Crippen molar-refractivity contribution in [3.05, 3.63) is 76.6 Å². The summed E-state index contributed by atoms with van der Waals surface area (Å²) < 4.78 is 60.0. The van der Waals surface area contributed by atoms with E-state index < -0.39 is 18.0 Å². The highest BCUT2D eigenvalue weighted by molar-refractivity contribution is 5.94. The van der Waals surface area contributed by atoms with Crippen LogP contribution in [0.2, 0.25) is 0 Å². The maximum absolute atomic E-state index is 13.5. The minimum absolute atomic E-state index is 0.0735. The zero-order chi connectivity index (χ0) is 28.2. The molecule has 11 heteroatoms. The molecule has 39 heavy (non-hydrogen) atoms. The maximum Gasteiger partial charge on any atom is 0.425 e. The Morgan fingerprint density at radius 2 is 1.77 bits per heavy atom. The first kappa shape index (κ1) is 28.2. The molecular weight excluding hydrogens is 513 g/mol. The van der Waals surface area contributed by atoms with E-state index in [2.05, 4.69) is 10.1 Å². The lowest BCUT2D eigenvalue weighted by molar-refractivity contribution is -0.189. The van der Waals surface area contributed by atoms with Gasteiger partial charge in [-0.1, -0.05) is 44.2 Å². The molecular formula is C28H31F3N4O4. The molecule has 0 aliphatic carbocycles. The summed E-state index contributed by atoms with van der Waals surface area (Å²) in [6.45, 7) is 7.68. The van der Waals surface area contributed by atoms with Crippen LogP contribution in [-0.2, 0) is 24.5 Å². The van der Waals surface area contributed by atoms with E-state index in [1.54, 1.807) is 19.1 Å². The van der Waals surface area contributed by atoms with Crippen LogP contribution in [0.3, 0.4) is 0 Å². The molecule has 2 aromatic carbocycles. The van der Waals surface area contributed by atoms with E-state index >= 15 is 0 Å². The second-order valence-electron chi connectivity index (χ2n) is 9.50. The number of hydrogen-bond donors (Lipinski definition) is 0. The Balaban J connectivity index is 1.75. The first-order valence-corrected chi connectivity index (χ1v) is 12.7. The second kappa shape index (κ2) is 11.9. The molecule has 208 valence electrons. The van der Waals surface area contributed by atoms with E-state index in [4.69, 9.17) is 14.2 Å². The number of hydrogen-bond acceptors (Lipinski definition) is 6. The fourth-order valence-corrected chi connectivity index (χ4v) is 3.92. The zero-order valence-electron chi connectivity index (χ0n) is 22.2. The van der Waals surface area contributed by atoms with Gasteiger partial charge >= 0.3 is 11.9 Å². The van der Waals surface area contributed by atoms with Gasteiger partial charge in [0, 0.05) is 18.8 Å². The fraction of sp³-hybridized carbons (Fsp3) is 0.393. The van der Waals surface area contributed by atoms with Crippen LogP contribution in [-0.4, -0.2) is 38.2 Å². The van der Waals surface area contributed by atoms with Crippen molar-refractivity contribution in [1.82, 2.24) is 19.3 Å². The molecule has 0 bridgehead atoms. The molecule has 0 radical (unpaired) electrons. The third-order valence-electron chi connectivity index (χ3n) is 5.94. The molecule has 0 aliphatic heterocycles. The molecule has 0 saturated heterocycles. The van der Waals surface area contributed by atoms with Gasteiger partial charge in [-0.25, -0.2) is 9.78 Å². The summed E-state index contributed by atoms with van der Waals surface area (Å²) in [5, 5.41) is 5.23. The lowest BCUT2D eigenvalue weighted by Gasteiger charge is -2.20. The molecule has 2 aromatic heterocycles. The molecule has 1 atom stereocenters. The Bertz CT molecular complexity index is 1470. The van der Waals surface area contributed by atoms with E-state index in [0.29, 0.717) is 31.0 Å². The number of rotatable bonds is 11. The summed E-state index contributed by atoms with van der Waals surface area (Å²) in [5.74, 6) is 0.594. The highest BCUT2D eigenvalue weighted by atomic mass is 19.4. The summed E-state index contributed by atoms with van der Waals surface area (Å²) in [6, 6.07) is 14.2. The molecule has 0 saturated carbocycles. The van der Waals surface area contributed by atoms with Crippen LogP contribution < -0.4 is 15.2 Å². The van der Waals surface area contributed by atoms with Gasteiger partial charge in [-0.05, 0) is 42.8 Å². The molecule has 0 N–H and O–H groups in total. The first-order valence-electron chi connectivity index (χ1n) is 12.7. The highest BCUT2D eigenvalue weighted by Crippen LogP contribution is 2.37. The number of pyridine rings is 1. The molecule has 2 heterocycles. The Labute approximate surface area is 223 Å². The number of ether oxygens (including phenoxy) is 3. The molecule has 0 aliphatic rings. The van der Waals surface area contributed by atoms with Gasteiger partial charge in [0.2, 0.25) is 5.88 Å². The molecule has 0 spiro atoms. The first-order chi connectivity index (χ1) is 18.6. The highest BCUT2D eigenvalue weighted by Gasteiger charge is 2.38. The van der Waals surface area contributed by atoms with E-state index in [9.17, 15) is 18.0 Å². The Kier molecular flexibility index (Phi) is 8.59. The van der Waals surface area contributed by atoms with Crippen molar-refractivity contribution in [2.75, 3.05) is 6.61 Å². The van der Waals surface area contributed by atoms with Crippen molar-refractivity contribution < 1.29 is 27.4 Å². The smallest absolute Gasteiger partial charge is 0.425 e. The van der Waals surface area contributed by atoms with Crippen LogP contribution in [0.5, 0.6) is 11.6 Å². The summed E-state index contributed by atoms with van der Waals surface area (Å²) >= 11 is 0. The molecule has 0 unspecified atom stereocenters. The monoisotopic (exact) mass is 544 g/mol. The van der Waals surface area contributed by atoms with Crippen LogP contribution in [0, 0.1) is 5.92 Å². The number of alkyl halides is 3. The van der Waals surface area contributed by atoms with Crippen LogP contribution in [0.25, 0.3) is 16.5 Å². The molecule has 8 nitrogen and oxygen atoms in total. The molecule has 0 amide bonds. The van der Waals surface area contributed by atoms with Crippen molar-refractivity contribution in [1.29, 1.82) is 0 Å². The van der Waals surface area contributed by atoms with Crippen molar-refractivity contribution in [2.45, 2.75) is 59.7 Å². The van der Waals surface area contributed by atoms with Gasteiger partial charge in [0.15, 0.2) is 11.9 Å². The van der Waals surface area contributed by atoms with Gasteiger partial charge in [-0.15, -0.1) is 5.10 Å². The van der Waals surface area contributed by atoms with Crippen LogP contribution >= 0.6 is 0 Å². The van der Waals surface area contributed by atoms with Gasteiger partial charge in [0.05, 0.1) is 24.3 Å². The van der Waals surface area contributed by atoms with E-state index in [-0.39, 0.29) is 35.2 Å². The summed E-state index contributed by atoms with van der Waals surface area (Å²) in [7, 11) is 0. The summed E-state index contributed by atoms with van der Waals surface area (Å²) in [6.07, 6.45) is -5.22. The van der Waals surface area contributed by atoms with Crippen molar-refractivity contribution in [2.24, 2.45) is 5.92 Å². The second-order valence-corrected chi connectivity index (χ2v) is 9.50. The lowest BCUT2D eigenvalue weighted by atomic mass is 10.1. The quantitative estimate of drug-likeness (QED) is 0.242. The SMILES string of the molecule is CCn1c(COCc2ccccc2)nn(-c2cc(O[C@@H](C)C(F)(F)F)c3c(OCC(C)C)nccc3c2)c1=O. The number of halogens is 3. The van der Waals surface area contributed by atoms with Gasteiger partial charge in [-0.2, -0.15) is 17.9 Å². The predicted molar refractivity (Wildman–Crippen MR) is 140 cm³/mol. The third kappa shape index (κ3) is 6.59. The maximum atomic E-state index is 13.5. The zero-order valence-corrected chi connectivity index (χ0v) is 22.2. The number of nitrogens with zero attached hydrogens (tertiary/aromatic N) is 4. The number of aromatic nitrogens is 4. The van der Waals surface area contributed by atoms with Crippen molar-refractivity contribution >= 4 is 10.8 Å². The normalized spacial score (nSPS) is 12.7. The van der Waals surface area contributed by atoms with E-state index in [0.717, 1.165) is 17.2 Å². The topological polar surface area (TPSA) is 80.4 Å². The Hall–Kier alpha value is -3.86. The largest absolute Gasteiger partial charge is 0.480 e. The third-order valence-corrected chi connectivity index (χ3v) is 5.94. The van der Waals surface area contributed by atoms with Crippen LogP contribution in [0.4, 0.5) is 13.2 Å². The summed E-state index contributed by atoms with van der Waals surface area (Å²) in [5.41, 5.74) is 0.770. The lowest BCUT2D eigenvalue weighted by Crippen LogP contribution is -2.31. The van der Waals surface area contributed by atoms with E-state index in [1.165, 1.54) is 16.8 Å². The molecule has 0 fully saturated rings. The van der Waals surface area contributed by atoms with Crippen LogP contribution in [0.15, 0.2) is 59.5 Å². The van der Waals surface area contributed by atoms with Gasteiger partial charge in [0.25, 0.3) is 0 Å². The Morgan fingerprint density at radius 3 is 2.44 bits per heavy atom. The molecule has 4 rings (SSSR count). The van der Waals surface area contributed by atoms with Crippen molar-refractivity contribution in [3.63, 3.8) is 0 Å². The van der Waals surface area contributed by atoms with Crippen molar-refractivity contribution in [3.8, 4) is 17.3 Å². The van der Waals surface area contributed by atoms with Crippen LogP contribution in [0.1, 0.15) is 39.1 Å². The van der Waals surface area contributed by atoms with Gasteiger partial charge in [-0.3, -0.25) is 4.57 Å².